The molecule has 1 atom stereocenters. The van der Waals surface area contributed by atoms with Gasteiger partial charge in [0, 0.05) is 17.6 Å². The fourth-order valence-electron chi connectivity index (χ4n) is 4.51. The first kappa shape index (κ1) is 20.1. The van der Waals surface area contributed by atoms with Gasteiger partial charge in [0.2, 0.25) is 0 Å². The van der Waals surface area contributed by atoms with E-state index in [4.69, 9.17) is 0 Å². The van der Waals surface area contributed by atoms with E-state index in [1.807, 2.05) is 30.0 Å². The number of aromatic nitrogens is 1. The van der Waals surface area contributed by atoms with Gasteiger partial charge in [0.15, 0.2) is 0 Å². The Morgan fingerprint density at radius 1 is 0.875 bits per heavy atom. The van der Waals surface area contributed by atoms with Crippen LogP contribution in [0.2, 0.25) is 0 Å². The second-order valence-electron chi connectivity index (χ2n) is 8.55. The number of para-hydroxylation sites is 1. The lowest BCUT2D eigenvalue weighted by Crippen LogP contribution is -2.38. The van der Waals surface area contributed by atoms with Crippen molar-refractivity contribution < 1.29 is 4.79 Å². The molecule has 32 heavy (non-hydrogen) atoms. The van der Waals surface area contributed by atoms with E-state index in [0.29, 0.717) is 6.54 Å². The van der Waals surface area contributed by atoms with Crippen molar-refractivity contribution >= 4 is 11.7 Å². The highest BCUT2D eigenvalue weighted by molar-refractivity contribution is 5.91. The van der Waals surface area contributed by atoms with Gasteiger partial charge in [0.25, 0.3) is 0 Å². The Hall–Kier alpha value is -3.79. The third-order valence-corrected chi connectivity index (χ3v) is 6.46. The molecule has 1 aliphatic heterocycles. The van der Waals surface area contributed by atoms with Gasteiger partial charge in [-0.05, 0) is 67.3 Å². The van der Waals surface area contributed by atoms with E-state index in [9.17, 15) is 4.79 Å². The highest BCUT2D eigenvalue weighted by Gasteiger charge is 2.33. The predicted molar refractivity (Wildman–Crippen MR) is 129 cm³/mol. The van der Waals surface area contributed by atoms with Gasteiger partial charge >= 0.3 is 6.03 Å². The number of anilines is 1. The number of amides is 2. The standard InChI is InChI=1S/C28H27N3O/c1-19-13-15-22(16-14-19)27-26-12-7-17-30(26)25-11-5-4-9-23(25)18-31(27)28(32)29-24-10-6-8-20(2)21(24)3/h4-17,27H,18H2,1-3H3,(H,29,32)/t27-/m1/s1. The van der Waals surface area contributed by atoms with Crippen molar-refractivity contribution in [3.05, 3.63) is 119 Å². The first-order valence-corrected chi connectivity index (χ1v) is 11.0. The number of carbonyl (C=O) groups is 1. The zero-order valence-corrected chi connectivity index (χ0v) is 18.7. The molecule has 0 saturated carbocycles. The smallest absolute Gasteiger partial charge is 0.318 e. The molecule has 3 aromatic carbocycles. The minimum absolute atomic E-state index is 0.103. The number of hydrogen-bond donors (Lipinski definition) is 1. The number of aryl methyl sites for hydroxylation is 2. The molecule has 0 fully saturated rings. The lowest BCUT2D eigenvalue weighted by atomic mass is 10.0. The van der Waals surface area contributed by atoms with Crippen LogP contribution in [-0.2, 0) is 6.54 Å². The molecule has 4 aromatic rings. The number of fused-ring (bicyclic) bond motifs is 3. The maximum Gasteiger partial charge on any atom is 0.322 e. The lowest BCUT2D eigenvalue weighted by molar-refractivity contribution is 0.194. The monoisotopic (exact) mass is 421 g/mol. The first-order valence-electron chi connectivity index (χ1n) is 11.0. The van der Waals surface area contributed by atoms with Crippen molar-refractivity contribution in [1.29, 1.82) is 0 Å². The minimum atomic E-state index is -0.205. The normalized spacial score (nSPS) is 15.0. The van der Waals surface area contributed by atoms with Crippen LogP contribution < -0.4 is 5.32 Å². The molecule has 0 saturated heterocycles. The molecular formula is C28H27N3O. The Bertz CT molecular complexity index is 1290. The molecule has 0 unspecified atom stereocenters. The van der Waals surface area contributed by atoms with Crippen molar-refractivity contribution in [2.24, 2.45) is 0 Å². The van der Waals surface area contributed by atoms with Crippen molar-refractivity contribution in [2.45, 2.75) is 33.4 Å². The van der Waals surface area contributed by atoms with Gasteiger partial charge in [-0.3, -0.25) is 0 Å². The molecule has 2 heterocycles. The summed E-state index contributed by atoms with van der Waals surface area (Å²) in [7, 11) is 0. The molecule has 0 spiro atoms. The molecule has 4 nitrogen and oxygen atoms in total. The van der Waals surface area contributed by atoms with Crippen molar-refractivity contribution in [2.75, 3.05) is 5.32 Å². The van der Waals surface area contributed by atoms with Gasteiger partial charge in [0.1, 0.15) is 0 Å². The van der Waals surface area contributed by atoms with Crippen LogP contribution in [-0.4, -0.2) is 15.5 Å². The zero-order valence-electron chi connectivity index (χ0n) is 18.7. The maximum atomic E-state index is 13.8. The average Bonchev–Trinajstić information content (AvgIpc) is 3.22. The van der Waals surface area contributed by atoms with Crippen LogP contribution >= 0.6 is 0 Å². The quantitative estimate of drug-likeness (QED) is 0.392. The van der Waals surface area contributed by atoms with Gasteiger partial charge in [-0.15, -0.1) is 0 Å². The van der Waals surface area contributed by atoms with Gasteiger partial charge in [-0.25, -0.2) is 4.79 Å². The number of nitrogens with one attached hydrogen (secondary N) is 1. The molecule has 1 aliphatic rings. The number of benzene rings is 3. The summed E-state index contributed by atoms with van der Waals surface area (Å²) in [5.74, 6) is 0. The summed E-state index contributed by atoms with van der Waals surface area (Å²) in [4.78, 5) is 15.7. The van der Waals surface area contributed by atoms with Crippen LogP contribution in [0.25, 0.3) is 5.69 Å². The van der Waals surface area contributed by atoms with E-state index in [1.54, 1.807) is 0 Å². The SMILES string of the molecule is Cc1ccc([C@@H]2c3cccn3-c3ccccc3CN2C(=O)Nc2cccc(C)c2C)cc1. The van der Waals surface area contributed by atoms with E-state index >= 15 is 0 Å². The van der Waals surface area contributed by atoms with Crippen LogP contribution in [0.15, 0.2) is 85.1 Å². The average molecular weight is 422 g/mol. The Kier molecular flexibility index (Phi) is 5.06. The molecule has 2 amide bonds. The van der Waals surface area contributed by atoms with Crippen molar-refractivity contribution in [3.63, 3.8) is 0 Å². The second kappa shape index (κ2) is 8.04. The molecule has 5 rings (SSSR count). The summed E-state index contributed by atoms with van der Waals surface area (Å²) >= 11 is 0. The van der Waals surface area contributed by atoms with Crippen LogP contribution in [0.5, 0.6) is 0 Å². The molecule has 0 radical (unpaired) electrons. The molecule has 1 N–H and O–H groups in total. The van der Waals surface area contributed by atoms with Gasteiger partial charge < -0.3 is 14.8 Å². The molecule has 0 aliphatic carbocycles. The largest absolute Gasteiger partial charge is 0.322 e. The van der Waals surface area contributed by atoms with Crippen LogP contribution in [0.3, 0.4) is 0 Å². The zero-order chi connectivity index (χ0) is 22.2. The summed E-state index contributed by atoms with van der Waals surface area (Å²) in [6, 6.07) is 26.7. The summed E-state index contributed by atoms with van der Waals surface area (Å²) in [6.07, 6.45) is 2.08. The maximum absolute atomic E-state index is 13.8. The Morgan fingerprint density at radius 2 is 1.66 bits per heavy atom. The Balaban J connectivity index is 1.64. The number of rotatable bonds is 2. The van der Waals surface area contributed by atoms with Crippen molar-refractivity contribution in [1.82, 2.24) is 9.47 Å². The van der Waals surface area contributed by atoms with E-state index in [0.717, 1.165) is 39.3 Å². The lowest BCUT2D eigenvalue weighted by Gasteiger charge is -2.31. The predicted octanol–water partition coefficient (Wildman–Crippen LogP) is 6.54. The number of urea groups is 1. The van der Waals surface area contributed by atoms with Gasteiger partial charge in [-0.1, -0.05) is 60.2 Å². The topological polar surface area (TPSA) is 37.3 Å². The third-order valence-electron chi connectivity index (χ3n) is 6.46. The highest BCUT2D eigenvalue weighted by Crippen LogP contribution is 2.37. The molecule has 4 heteroatoms. The number of carbonyl (C=O) groups excluding carboxylic acids is 1. The van der Waals surface area contributed by atoms with Crippen LogP contribution in [0.1, 0.15) is 39.6 Å². The van der Waals surface area contributed by atoms with Gasteiger partial charge in [-0.2, -0.15) is 0 Å². The molecular weight excluding hydrogens is 394 g/mol. The van der Waals surface area contributed by atoms with Crippen molar-refractivity contribution in [3.8, 4) is 5.69 Å². The minimum Gasteiger partial charge on any atom is -0.318 e. The fourth-order valence-corrected chi connectivity index (χ4v) is 4.51. The molecule has 0 bridgehead atoms. The van der Waals surface area contributed by atoms with E-state index in [2.05, 4.69) is 90.6 Å². The number of nitrogens with zero attached hydrogens (tertiary/aromatic N) is 2. The van der Waals surface area contributed by atoms with Crippen LogP contribution in [0, 0.1) is 20.8 Å². The Morgan fingerprint density at radius 3 is 2.47 bits per heavy atom. The third kappa shape index (κ3) is 3.48. The fraction of sp³-hybridized carbons (Fsp3) is 0.179. The van der Waals surface area contributed by atoms with E-state index < -0.39 is 0 Å². The Labute approximate surface area is 189 Å². The second-order valence-corrected chi connectivity index (χ2v) is 8.55. The number of hydrogen-bond acceptors (Lipinski definition) is 1. The van der Waals surface area contributed by atoms with E-state index in [-0.39, 0.29) is 12.1 Å². The molecule has 1 aromatic heterocycles. The van der Waals surface area contributed by atoms with Crippen LogP contribution in [0.4, 0.5) is 10.5 Å². The summed E-state index contributed by atoms with van der Waals surface area (Å²) in [5.41, 5.74) is 8.72. The summed E-state index contributed by atoms with van der Waals surface area (Å²) < 4.78 is 2.21. The summed E-state index contributed by atoms with van der Waals surface area (Å²) in [6.45, 7) is 6.72. The molecule has 160 valence electrons. The highest BCUT2D eigenvalue weighted by atomic mass is 16.2. The summed E-state index contributed by atoms with van der Waals surface area (Å²) in [5, 5.41) is 3.19. The van der Waals surface area contributed by atoms with E-state index in [1.165, 1.54) is 5.56 Å². The van der Waals surface area contributed by atoms with Gasteiger partial charge in [0.05, 0.1) is 18.3 Å². The first-order chi connectivity index (χ1) is 15.5.